The van der Waals surface area contributed by atoms with Crippen LogP contribution in [0.4, 0.5) is 0 Å². The van der Waals surface area contributed by atoms with E-state index in [1.165, 1.54) is 64.2 Å². The first-order chi connectivity index (χ1) is 26.9. The van der Waals surface area contributed by atoms with Gasteiger partial charge in [0.15, 0.2) is 0 Å². The van der Waals surface area contributed by atoms with Gasteiger partial charge >= 0.3 is 11.9 Å². The molecule has 4 aromatic carbocycles. The van der Waals surface area contributed by atoms with E-state index >= 15 is 0 Å². The number of hydrogen-bond donors (Lipinski definition) is 0. The third-order valence-electron chi connectivity index (χ3n) is 9.47. The van der Waals surface area contributed by atoms with E-state index in [1.54, 1.807) is 38.1 Å². The minimum absolute atomic E-state index is 0.177. The van der Waals surface area contributed by atoms with Crippen molar-refractivity contribution in [3.63, 3.8) is 0 Å². The molecule has 0 N–H and O–H groups in total. The molecular formula is C48H62O7. The summed E-state index contributed by atoms with van der Waals surface area (Å²) < 4.78 is 28.7. The van der Waals surface area contributed by atoms with Crippen LogP contribution in [-0.4, -0.2) is 50.6 Å². The number of esters is 2. The van der Waals surface area contributed by atoms with E-state index in [0.717, 1.165) is 59.8 Å². The Balaban J connectivity index is 1.11. The second kappa shape index (κ2) is 24.7. The maximum absolute atomic E-state index is 12.8. The molecular weight excluding hydrogens is 689 g/mol. The third-order valence-corrected chi connectivity index (χ3v) is 9.47. The van der Waals surface area contributed by atoms with Crippen molar-refractivity contribution in [1.82, 2.24) is 0 Å². The lowest BCUT2D eigenvalue weighted by atomic mass is 10.0. The van der Waals surface area contributed by atoms with Gasteiger partial charge in [0.05, 0.1) is 37.6 Å². The molecule has 7 nitrogen and oxygen atoms in total. The van der Waals surface area contributed by atoms with Crippen molar-refractivity contribution in [2.75, 3.05) is 26.4 Å². The van der Waals surface area contributed by atoms with Gasteiger partial charge in [-0.3, -0.25) is 0 Å². The van der Waals surface area contributed by atoms with Gasteiger partial charge in [0.1, 0.15) is 23.7 Å². The second-order valence-corrected chi connectivity index (χ2v) is 14.4. The van der Waals surface area contributed by atoms with Crippen LogP contribution in [0.3, 0.4) is 0 Å². The lowest BCUT2D eigenvalue weighted by molar-refractivity contribution is -0.0262. The van der Waals surface area contributed by atoms with Gasteiger partial charge < -0.3 is 23.7 Å². The molecule has 0 saturated heterocycles. The van der Waals surface area contributed by atoms with Crippen LogP contribution in [-0.2, 0) is 14.2 Å². The molecule has 0 aliphatic carbocycles. The van der Waals surface area contributed by atoms with Crippen LogP contribution < -0.4 is 9.47 Å². The molecule has 0 heterocycles. The van der Waals surface area contributed by atoms with Crippen LogP contribution >= 0.6 is 0 Å². The van der Waals surface area contributed by atoms with Gasteiger partial charge in [-0.25, -0.2) is 9.59 Å². The van der Waals surface area contributed by atoms with Crippen LogP contribution in [0.1, 0.15) is 125 Å². The first-order valence-corrected chi connectivity index (χ1v) is 20.5. The van der Waals surface area contributed by atoms with Crippen molar-refractivity contribution in [2.24, 2.45) is 0 Å². The summed E-state index contributed by atoms with van der Waals surface area (Å²) >= 11 is 0. The summed E-state index contributed by atoms with van der Waals surface area (Å²) in [7, 11) is 0. The Kier molecular flexibility index (Phi) is 19.4. The first-order valence-electron chi connectivity index (χ1n) is 20.5. The van der Waals surface area contributed by atoms with Crippen molar-refractivity contribution >= 4 is 11.9 Å². The Morgan fingerprint density at radius 2 is 0.745 bits per heavy atom. The second-order valence-electron chi connectivity index (χ2n) is 14.4. The Hall–Kier alpha value is -4.62. The summed E-state index contributed by atoms with van der Waals surface area (Å²) in [4.78, 5) is 25.6. The van der Waals surface area contributed by atoms with E-state index in [9.17, 15) is 9.59 Å². The van der Waals surface area contributed by atoms with Gasteiger partial charge in [-0.2, -0.15) is 0 Å². The molecule has 0 aliphatic heterocycles. The summed E-state index contributed by atoms with van der Waals surface area (Å²) in [6.45, 7) is 9.84. The maximum Gasteiger partial charge on any atom is 0.338 e. The molecule has 0 unspecified atom stereocenters. The standard InChI is InChI=1S/C48H62O7/c1-5-7-9-11-13-15-33-52-45-29-25-41(26-30-45)39-17-21-43(22-18-39)47(49)54-37(3)35-51-36-38(4)55-48(50)44-23-19-40(20-24-44)42-27-31-46(32-28-42)53-34-16-14-12-10-8-6-2/h17-32,37-38H,5-16,33-36H2,1-4H3/t37-,38+. The Labute approximate surface area is 329 Å². The number of carbonyl (C=O) groups is 2. The fourth-order valence-electron chi connectivity index (χ4n) is 6.20. The van der Waals surface area contributed by atoms with Gasteiger partial charge in [0, 0.05) is 0 Å². The molecule has 55 heavy (non-hydrogen) atoms. The van der Waals surface area contributed by atoms with Gasteiger partial charge in [-0.05, 0) is 97.5 Å². The average Bonchev–Trinajstić information content (AvgIpc) is 3.20. The molecule has 0 bridgehead atoms. The van der Waals surface area contributed by atoms with Crippen LogP contribution in [0.15, 0.2) is 97.1 Å². The molecule has 0 aliphatic rings. The van der Waals surface area contributed by atoms with Crippen molar-refractivity contribution < 1.29 is 33.3 Å². The number of hydrogen-bond acceptors (Lipinski definition) is 7. The molecule has 0 aromatic heterocycles. The summed E-state index contributed by atoms with van der Waals surface area (Å²) in [6, 6.07) is 30.8. The van der Waals surface area contributed by atoms with Crippen molar-refractivity contribution in [3.8, 4) is 33.8 Å². The van der Waals surface area contributed by atoms with E-state index in [4.69, 9.17) is 23.7 Å². The number of carbonyl (C=O) groups excluding carboxylic acids is 2. The molecule has 4 rings (SSSR count). The van der Waals surface area contributed by atoms with E-state index in [2.05, 4.69) is 13.8 Å². The highest BCUT2D eigenvalue weighted by Gasteiger charge is 2.16. The van der Waals surface area contributed by atoms with Gasteiger partial charge in [-0.15, -0.1) is 0 Å². The zero-order valence-electron chi connectivity index (χ0n) is 33.6. The normalized spacial score (nSPS) is 12.1. The minimum atomic E-state index is -0.479. The molecule has 4 aromatic rings. The summed E-state index contributed by atoms with van der Waals surface area (Å²) in [6.07, 6.45) is 13.9. The molecule has 2 atom stereocenters. The monoisotopic (exact) mass is 750 g/mol. The average molecular weight is 751 g/mol. The predicted molar refractivity (Wildman–Crippen MR) is 222 cm³/mol. The lowest BCUT2D eigenvalue weighted by Gasteiger charge is -2.17. The maximum atomic E-state index is 12.8. The topological polar surface area (TPSA) is 80.3 Å². The molecule has 0 fully saturated rings. The smallest absolute Gasteiger partial charge is 0.338 e. The van der Waals surface area contributed by atoms with Crippen molar-refractivity contribution in [3.05, 3.63) is 108 Å². The number of rotatable bonds is 26. The lowest BCUT2D eigenvalue weighted by Crippen LogP contribution is -2.25. The largest absolute Gasteiger partial charge is 0.494 e. The minimum Gasteiger partial charge on any atom is -0.494 e. The zero-order valence-corrected chi connectivity index (χ0v) is 33.6. The number of benzene rings is 4. The highest BCUT2D eigenvalue weighted by Crippen LogP contribution is 2.25. The predicted octanol–water partition coefficient (Wildman–Crippen LogP) is 12.3. The molecule has 0 saturated carbocycles. The quantitative estimate of drug-likeness (QED) is 0.0467. The van der Waals surface area contributed by atoms with E-state index in [0.29, 0.717) is 11.1 Å². The van der Waals surface area contributed by atoms with Crippen LogP contribution in [0.5, 0.6) is 11.5 Å². The fourth-order valence-corrected chi connectivity index (χ4v) is 6.20. The van der Waals surface area contributed by atoms with Crippen molar-refractivity contribution in [2.45, 2.75) is 117 Å². The Bertz CT molecular complexity index is 1520. The summed E-state index contributed by atoms with van der Waals surface area (Å²) in [5, 5.41) is 0. The van der Waals surface area contributed by atoms with Crippen LogP contribution in [0.25, 0.3) is 22.3 Å². The van der Waals surface area contributed by atoms with Gasteiger partial charge in [0.2, 0.25) is 0 Å². The highest BCUT2D eigenvalue weighted by molar-refractivity contribution is 5.90. The van der Waals surface area contributed by atoms with E-state index in [-0.39, 0.29) is 13.2 Å². The molecule has 0 amide bonds. The molecule has 7 heteroatoms. The SMILES string of the molecule is CCCCCCCCOc1ccc(-c2ccc(C(=O)O[C@H](C)COC[C@H](C)OC(=O)c3ccc(-c4ccc(OCCCCCCCC)cc4)cc3)cc2)cc1. The number of ether oxygens (including phenoxy) is 5. The van der Waals surface area contributed by atoms with E-state index < -0.39 is 24.1 Å². The molecule has 296 valence electrons. The van der Waals surface area contributed by atoms with Crippen molar-refractivity contribution in [1.29, 1.82) is 0 Å². The first kappa shape index (κ1) is 43.1. The Morgan fingerprint density at radius 3 is 1.09 bits per heavy atom. The van der Waals surface area contributed by atoms with Gasteiger partial charge in [-0.1, -0.05) is 127 Å². The highest BCUT2D eigenvalue weighted by atomic mass is 16.6. The molecule has 0 radical (unpaired) electrons. The fraction of sp³-hybridized carbons (Fsp3) is 0.458. The van der Waals surface area contributed by atoms with Crippen LogP contribution in [0, 0.1) is 0 Å². The zero-order chi connectivity index (χ0) is 39.1. The Morgan fingerprint density at radius 1 is 0.436 bits per heavy atom. The van der Waals surface area contributed by atoms with E-state index in [1.807, 2.05) is 72.8 Å². The summed E-state index contributed by atoms with van der Waals surface area (Å²) in [5.41, 5.74) is 5.03. The number of unbranched alkanes of at least 4 members (excludes halogenated alkanes) is 10. The third kappa shape index (κ3) is 15.9. The van der Waals surface area contributed by atoms with Gasteiger partial charge in [0.25, 0.3) is 0 Å². The summed E-state index contributed by atoms with van der Waals surface area (Å²) in [5.74, 6) is 0.899. The van der Waals surface area contributed by atoms with Crippen LogP contribution in [0.2, 0.25) is 0 Å². The molecule has 0 spiro atoms.